The molecule has 0 saturated carbocycles. The van der Waals surface area contributed by atoms with Crippen molar-refractivity contribution >= 4 is 5.91 Å². The van der Waals surface area contributed by atoms with Crippen molar-refractivity contribution in [2.45, 2.75) is 51.4 Å². The molecule has 0 aliphatic carbocycles. The van der Waals surface area contributed by atoms with E-state index in [1.165, 1.54) is 44.6 Å². The van der Waals surface area contributed by atoms with Gasteiger partial charge < -0.3 is 10.1 Å². The molecule has 0 aliphatic rings. The van der Waals surface area contributed by atoms with Crippen LogP contribution in [0.25, 0.3) is 0 Å². The minimum absolute atomic E-state index is 0.0716. The van der Waals surface area contributed by atoms with Crippen LogP contribution in [0.5, 0.6) is 5.75 Å². The molecule has 0 atom stereocenters. The summed E-state index contributed by atoms with van der Waals surface area (Å²) in [5.41, 5.74) is 0. The van der Waals surface area contributed by atoms with Gasteiger partial charge in [-0.3, -0.25) is 4.79 Å². The number of ether oxygens (including phenoxy) is 1. The Morgan fingerprint density at radius 3 is 2.18 bits per heavy atom. The highest BCUT2D eigenvalue weighted by atomic mass is 16.5. The van der Waals surface area contributed by atoms with Crippen molar-refractivity contribution in [3.8, 4) is 5.75 Å². The monoisotopic (exact) mass is 303 g/mol. The second-order valence-electron chi connectivity index (χ2n) is 5.49. The molecule has 3 nitrogen and oxygen atoms in total. The third kappa shape index (κ3) is 10.0. The van der Waals surface area contributed by atoms with Crippen molar-refractivity contribution in [1.82, 2.24) is 5.32 Å². The third-order valence-corrected chi connectivity index (χ3v) is 3.57. The molecule has 1 N–H and O–H groups in total. The molecule has 0 aromatic heterocycles. The van der Waals surface area contributed by atoms with Gasteiger partial charge in [0.15, 0.2) is 0 Å². The fraction of sp³-hybridized carbons (Fsp3) is 0.526. The van der Waals surface area contributed by atoms with E-state index in [1.54, 1.807) is 0 Å². The first-order valence-electron chi connectivity index (χ1n) is 8.41. The number of benzene rings is 1. The lowest BCUT2D eigenvalue weighted by atomic mass is 10.1. The smallest absolute Gasteiger partial charge is 0.243 e. The molecular formula is C19H29NO2. The lowest BCUT2D eigenvalue weighted by molar-refractivity contribution is -0.116. The largest absolute Gasteiger partial charge is 0.494 e. The molecule has 0 spiro atoms. The van der Waals surface area contributed by atoms with E-state index in [9.17, 15) is 4.79 Å². The molecule has 0 bridgehead atoms. The van der Waals surface area contributed by atoms with Gasteiger partial charge in [0, 0.05) is 6.54 Å². The predicted molar refractivity (Wildman–Crippen MR) is 92.1 cm³/mol. The van der Waals surface area contributed by atoms with Crippen molar-refractivity contribution in [1.29, 1.82) is 0 Å². The van der Waals surface area contributed by atoms with E-state index < -0.39 is 0 Å². The van der Waals surface area contributed by atoms with Gasteiger partial charge in [-0.05, 0) is 31.1 Å². The van der Waals surface area contributed by atoms with Gasteiger partial charge in [0.05, 0.1) is 6.61 Å². The van der Waals surface area contributed by atoms with Crippen LogP contribution in [0.4, 0.5) is 0 Å². The van der Waals surface area contributed by atoms with Gasteiger partial charge in [0.2, 0.25) is 5.91 Å². The van der Waals surface area contributed by atoms with E-state index in [-0.39, 0.29) is 5.91 Å². The van der Waals surface area contributed by atoms with Gasteiger partial charge in [-0.2, -0.15) is 0 Å². The Morgan fingerprint density at radius 1 is 0.955 bits per heavy atom. The van der Waals surface area contributed by atoms with Crippen LogP contribution in [-0.2, 0) is 4.79 Å². The van der Waals surface area contributed by atoms with Crippen LogP contribution < -0.4 is 10.1 Å². The van der Waals surface area contributed by atoms with Gasteiger partial charge in [0.1, 0.15) is 5.75 Å². The Labute approximate surface area is 134 Å². The van der Waals surface area contributed by atoms with Crippen LogP contribution in [0.15, 0.2) is 43.0 Å². The Kier molecular flexibility index (Phi) is 10.7. The number of para-hydroxylation sites is 1. The van der Waals surface area contributed by atoms with Crippen LogP contribution in [0.1, 0.15) is 51.4 Å². The van der Waals surface area contributed by atoms with E-state index in [2.05, 4.69) is 11.9 Å². The van der Waals surface area contributed by atoms with Gasteiger partial charge in [-0.15, -0.1) is 0 Å². The molecule has 1 amide bonds. The molecule has 0 saturated heterocycles. The number of nitrogens with one attached hydrogen (secondary N) is 1. The van der Waals surface area contributed by atoms with E-state index >= 15 is 0 Å². The molecule has 0 radical (unpaired) electrons. The molecule has 1 rings (SSSR count). The lowest BCUT2D eigenvalue weighted by Crippen LogP contribution is -2.21. The zero-order valence-electron chi connectivity index (χ0n) is 13.6. The molecule has 0 aliphatic heterocycles. The first-order valence-corrected chi connectivity index (χ1v) is 8.41. The fourth-order valence-electron chi connectivity index (χ4n) is 2.28. The summed E-state index contributed by atoms with van der Waals surface area (Å²) in [6, 6.07) is 9.99. The summed E-state index contributed by atoms with van der Waals surface area (Å²) in [4.78, 5) is 10.9. The summed E-state index contributed by atoms with van der Waals surface area (Å²) >= 11 is 0. The van der Waals surface area contributed by atoms with Crippen LogP contribution in [0, 0.1) is 0 Å². The summed E-state index contributed by atoms with van der Waals surface area (Å²) in [6.07, 6.45) is 11.1. The number of carbonyl (C=O) groups is 1. The fourth-order valence-corrected chi connectivity index (χ4v) is 2.28. The first-order chi connectivity index (χ1) is 10.8. The highest BCUT2D eigenvalue weighted by Gasteiger charge is 1.95. The van der Waals surface area contributed by atoms with E-state index in [4.69, 9.17) is 4.74 Å². The van der Waals surface area contributed by atoms with Crippen molar-refractivity contribution in [2.75, 3.05) is 13.2 Å². The zero-order chi connectivity index (χ0) is 15.9. The quantitative estimate of drug-likeness (QED) is 0.431. The summed E-state index contributed by atoms with van der Waals surface area (Å²) in [5, 5.41) is 2.80. The van der Waals surface area contributed by atoms with Gasteiger partial charge in [0.25, 0.3) is 0 Å². The molecule has 0 fully saturated rings. The van der Waals surface area contributed by atoms with Gasteiger partial charge in [-0.25, -0.2) is 0 Å². The second kappa shape index (κ2) is 12.9. The number of carbonyl (C=O) groups excluding carboxylic acids is 1. The maximum atomic E-state index is 10.9. The molecule has 0 unspecified atom stereocenters. The summed E-state index contributed by atoms with van der Waals surface area (Å²) in [7, 11) is 0. The lowest BCUT2D eigenvalue weighted by Gasteiger charge is -2.06. The number of unbranched alkanes of at least 4 members (excludes halogenated alkanes) is 7. The SMILES string of the molecule is C=CC(=O)NCCCCCCCCCCOc1ccccc1. The minimum atomic E-state index is -0.0716. The zero-order valence-corrected chi connectivity index (χ0v) is 13.6. The minimum Gasteiger partial charge on any atom is -0.494 e. The topological polar surface area (TPSA) is 38.3 Å². The Balaban J connectivity index is 1.78. The first kappa shape index (κ1) is 18.3. The summed E-state index contributed by atoms with van der Waals surface area (Å²) in [6.45, 7) is 5.00. The third-order valence-electron chi connectivity index (χ3n) is 3.57. The number of rotatable bonds is 13. The molecule has 122 valence electrons. The van der Waals surface area contributed by atoms with Crippen molar-refractivity contribution in [2.24, 2.45) is 0 Å². The normalized spacial score (nSPS) is 10.2. The molecule has 3 heteroatoms. The Bertz CT molecular complexity index is 403. The van der Waals surface area contributed by atoms with Crippen molar-refractivity contribution < 1.29 is 9.53 Å². The average Bonchev–Trinajstić information content (AvgIpc) is 2.56. The summed E-state index contributed by atoms with van der Waals surface area (Å²) in [5.74, 6) is 0.892. The van der Waals surface area contributed by atoms with Crippen molar-refractivity contribution in [3.05, 3.63) is 43.0 Å². The highest BCUT2D eigenvalue weighted by Crippen LogP contribution is 2.11. The van der Waals surface area contributed by atoms with Crippen LogP contribution in [-0.4, -0.2) is 19.1 Å². The number of amides is 1. The molecular weight excluding hydrogens is 274 g/mol. The van der Waals surface area contributed by atoms with Gasteiger partial charge in [-0.1, -0.05) is 63.3 Å². The predicted octanol–water partition coefficient (Wildman–Crippen LogP) is 4.49. The van der Waals surface area contributed by atoms with Crippen LogP contribution >= 0.6 is 0 Å². The standard InChI is InChI=1S/C19H29NO2/c1-2-19(21)20-16-12-7-5-3-4-6-8-13-17-22-18-14-10-9-11-15-18/h2,9-11,14-15H,1,3-8,12-13,16-17H2,(H,20,21). The van der Waals surface area contributed by atoms with E-state index in [1.807, 2.05) is 30.3 Å². The molecule has 1 aromatic carbocycles. The van der Waals surface area contributed by atoms with Crippen LogP contribution in [0.2, 0.25) is 0 Å². The van der Waals surface area contributed by atoms with Gasteiger partial charge >= 0.3 is 0 Å². The molecule has 1 aromatic rings. The highest BCUT2D eigenvalue weighted by molar-refractivity contribution is 5.86. The molecule has 22 heavy (non-hydrogen) atoms. The van der Waals surface area contributed by atoms with E-state index in [0.29, 0.717) is 0 Å². The molecule has 0 heterocycles. The van der Waals surface area contributed by atoms with Crippen LogP contribution in [0.3, 0.4) is 0 Å². The maximum Gasteiger partial charge on any atom is 0.243 e. The summed E-state index contributed by atoms with van der Waals surface area (Å²) < 4.78 is 5.67. The second-order valence-corrected chi connectivity index (χ2v) is 5.49. The Morgan fingerprint density at radius 2 is 1.55 bits per heavy atom. The maximum absolute atomic E-state index is 10.9. The number of hydrogen-bond donors (Lipinski definition) is 1. The Hall–Kier alpha value is -1.77. The van der Waals surface area contributed by atoms with Crippen molar-refractivity contribution in [3.63, 3.8) is 0 Å². The van der Waals surface area contributed by atoms with E-state index in [0.717, 1.165) is 31.7 Å². The number of hydrogen-bond acceptors (Lipinski definition) is 2. The average molecular weight is 303 g/mol.